The van der Waals surface area contributed by atoms with E-state index in [2.05, 4.69) is 4.74 Å². The maximum absolute atomic E-state index is 11.3. The molecule has 0 aromatic carbocycles. The minimum absolute atomic E-state index is 0.0403. The molecule has 0 aromatic rings. The van der Waals surface area contributed by atoms with E-state index in [1.807, 2.05) is 0 Å². The molecule has 1 saturated heterocycles. The average molecular weight is 232 g/mol. The van der Waals surface area contributed by atoms with Gasteiger partial charge in [-0.3, -0.25) is 4.90 Å². The molecule has 16 heavy (non-hydrogen) atoms. The minimum Gasteiger partial charge on any atom is -0.467 e. The van der Waals surface area contributed by atoms with Crippen LogP contribution in [0.5, 0.6) is 0 Å². The summed E-state index contributed by atoms with van der Waals surface area (Å²) in [5, 5.41) is 17.6. The van der Waals surface area contributed by atoms with Crippen LogP contribution < -0.4 is 0 Å². The van der Waals surface area contributed by atoms with E-state index in [-0.39, 0.29) is 19.6 Å². The van der Waals surface area contributed by atoms with Crippen LogP contribution >= 0.6 is 0 Å². The normalized spacial score (nSPS) is 20.4. The van der Waals surface area contributed by atoms with Crippen molar-refractivity contribution in [1.29, 1.82) is 0 Å². The fourth-order valence-corrected chi connectivity index (χ4v) is 1.52. The van der Waals surface area contributed by atoms with Gasteiger partial charge in [0.2, 0.25) is 0 Å². The molecule has 8 nitrogen and oxygen atoms in total. The van der Waals surface area contributed by atoms with Gasteiger partial charge in [-0.25, -0.2) is 14.4 Å². The Morgan fingerprint density at radius 1 is 1.19 bits per heavy atom. The second kappa shape index (κ2) is 4.69. The maximum Gasteiger partial charge on any atom is 0.408 e. The molecule has 2 N–H and O–H groups in total. The quantitative estimate of drug-likeness (QED) is 0.590. The lowest BCUT2D eigenvalue weighted by Crippen LogP contribution is -2.59. The van der Waals surface area contributed by atoms with Gasteiger partial charge in [-0.1, -0.05) is 0 Å². The molecule has 1 aliphatic rings. The summed E-state index contributed by atoms with van der Waals surface area (Å²) >= 11 is 0. The Labute approximate surface area is 91.0 Å². The van der Waals surface area contributed by atoms with Gasteiger partial charge < -0.3 is 19.8 Å². The number of amides is 2. The molecule has 8 heteroatoms. The van der Waals surface area contributed by atoms with Crippen molar-refractivity contribution < 1.29 is 29.3 Å². The number of nitrogens with zero attached hydrogens (tertiary/aromatic N) is 2. The highest BCUT2D eigenvalue weighted by atomic mass is 16.5. The molecule has 1 atom stereocenters. The lowest BCUT2D eigenvalue weighted by Gasteiger charge is -2.36. The van der Waals surface area contributed by atoms with Crippen molar-refractivity contribution in [1.82, 2.24) is 9.80 Å². The first-order valence-corrected chi connectivity index (χ1v) is 4.52. The first-order valence-electron chi connectivity index (χ1n) is 4.52. The summed E-state index contributed by atoms with van der Waals surface area (Å²) in [6.07, 6.45) is -2.45. The van der Waals surface area contributed by atoms with Crippen molar-refractivity contribution in [2.45, 2.75) is 6.04 Å². The zero-order valence-corrected chi connectivity index (χ0v) is 8.62. The van der Waals surface area contributed by atoms with Crippen LogP contribution in [0.25, 0.3) is 0 Å². The van der Waals surface area contributed by atoms with E-state index < -0.39 is 24.2 Å². The molecule has 1 aliphatic heterocycles. The van der Waals surface area contributed by atoms with Crippen LogP contribution in [0.1, 0.15) is 0 Å². The number of esters is 1. The van der Waals surface area contributed by atoms with E-state index in [4.69, 9.17) is 10.2 Å². The van der Waals surface area contributed by atoms with Crippen LogP contribution in [-0.4, -0.2) is 71.0 Å². The lowest BCUT2D eigenvalue weighted by atomic mass is 10.2. The molecular formula is C8H12N2O6. The Bertz CT molecular complexity index is 318. The second-order valence-electron chi connectivity index (χ2n) is 3.24. The van der Waals surface area contributed by atoms with Crippen LogP contribution in [0.2, 0.25) is 0 Å². The lowest BCUT2D eigenvalue weighted by molar-refractivity contribution is -0.148. The van der Waals surface area contributed by atoms with Crippen molar-refractivity contribution in [3.8, 4) is 0 Å². The molecule has 0 saturated carbocycles. The standard InChI is InChI=1S/C8H12N2O6/c1-16-6(11)5-4-9(7(12)13)2-3-10(5)8(14)15/h5H,2-4H2,1H3,(H,12,13)(H,14,15). The van der Waals surface area contributed by atoms with Gasteiger partial charge >= 0.3 is 18.2 Å². The van der Waals surface area contributed by atoms with Gasteiger partial charge in [0.15, 0.2) is 6.04 Å². The van der Waals surface area contributed by atoms with E-state index in [0.717, 1.165) is 16.9 Å². The number of ether oxygens (including phenoxy) is 1. The molecule has 1 unspecified atom stereocenters. The SMILES string of the molecule is COC(=O)C1CN(C(=O)O)CCN1C(=O)O. The van der Waals surface area contributed by atoms with Crippen molar-refractivity contribution in [2.75, 3.05) is 26.7 Å². The number of methoxy groups -OCH3 is 1. The zero-order chi connectivity index (χ0) is 12.3. The summed E-state index contributed by atoms with van der Waals surface area (Å²) in [4.78, 5) is 34.7. The first kappa shape index (κ1) is 12.1. The Kier molecular flexibility index (Phi) is 3.54. The van der Waals surface area contributed by atoms with E-state index in [1.54, 1.807) is 0 Å². The predicted octanol–water partition coefficient (Wildman–Crippen LogP) is -0.498. The van der Waals surface area contributed by atoms with Gasteiger partial charge in [0.25, 0.3) is 0 Å². The van der Waals surface area contributed by atoms with Gasteiger partial charge in [-0.05, 0) is 0 Å². The monoisotopic (exact) mass is 232 g/mol. The molecule has 90 valence electrons. The molecular weight excluding hydrogens is 220 g/mol. The third-order valence-electron chi connectivity index (χ3n) is 2.37. The number of hydrogen-bond donors (Lipinski definition) is 2. The molecule has 0 bridgehead atoms. The van der Waals surface area contributed by atoms with Crippen molar-refractivity contribution in [3.63, 3.8) is 0 Å². The summed E-state index contributed by atoms with van der Waals surface area (Å²) in [5.74, 6) is -0.756. The number of carbonyl (C=O) groups excluding carboxylic acids is 1. The Hall–Kier alpha value is -1.99. The van der Waals surface area contributed by atoms with E-state index in [0.29, 0.717) is 0 Å². The van der Waals surface area contributed by atoms with Gasteiger partial charge in [-0.2, -0.15) is 0 Å². The first-order chi connectivity index (χ1) is 7.47. The number of carboxylic acid groups (broad SMARTS) is 2. The average Bonchev–Trinajstić information content (AvgIpc) is 2.26. The topological polar surface area (TPSA) is 107 Å². The molecule has 1 rings (SSSR count). The van der Waals surface area contributed by atoms with Crippen LogP contribution in [0, 0.1) is 0 Å². The van der Waals surface area contributed by atoms with Crippen molar-refractivity contribution >= 4 is 18.2 Å². The maximum atomic E-state index is 11.3. The summed E-state index contributed by atoms with van der Waals surface area (Å²) in [6, 6.07) is -1.09. The fraction of sp³-hybridized carbons (Fsp3) is 0.625. The van der Waals surface area contributed by atoms with Crippen molar-refractivity contribution in [2.24, 2.45) is 0 Å². The number of rotatable bonds is 1. The van der Waals surface area contributed by atoms with Gasteiger partial charge in [0, 0.05) is 13.1 Å². The summed E-state index contributed by atoms with van der Waals surface area (Å²) in [7, 11) is 1.13. The molecule has 2 amide bonds. The number of piperazine rings is 1. The summed E-state index contributed by atoms with van der Waals surface area (Å²) in [5.41, 5.74) is 0. The van der Waals surface area contributed by atoms with E-state index >= 15 is 0 Å². The predicted molar refractivity (Wildman–Crippen MR) is 50.1 cm³/mol. The number of hydrogen-bond acceptors (Lipinski definition) is 4. The van der Waals surface area contributed by atoms with E-state index in [9.17, 15) is 14.4 Å². The smallest absolute Gasteiger partial charge is 0.408 e. The number of carbonyl (C=O) groups is 3. The summed E-state index contributed by atoms with van der Waals surface area (Å²) in [6.45, 7) is -0.190. The Morgan fingerprint density at radius 2 is 1.81 bits per heavy atom. The van der Waals surface area contributed by atoms with Crippen LogP contribution in [0.3, 0.4) is 0 Å². The van der Waals surface area contributed by atoms with Gasteiger partial charge in [0.05, 0.1) is 13.7 Å². The van der Waals surface area contributed by atoms with Gasteiger partial charge in [0.1, 0.15) is 0 Å². The van der Waals surface area contributed by atoms with Crippen LogP contribution in [0.4, 0.5) is 9.59 Å². The highest BCUT2D eigenvalue weighted by Gasteiger charge is 2.37. The Morgan fingerprint density at radius 3 is 2.25 bits per heavy atom. The molecule has 0 aliphatic carbocycles. The zero-order valence-electron chi connectivity index (χ0n) is 8.62. The molecule has 0 spiro atoms. The van der Waals surface area contributed by atoms with E-state index in [1.165, 1.54) is 0 Å². The van der Waals surface area contributed by atoms with Gasteiger partial charge in [-0.15, -0.1) is 0 Å². The second-order valence-corrected chi connectivity index (χ2v) is 3.24. The highest BCUT2D eigenvalue weighted by molar-refractivity contribution is 5.82. The fourth-order valence-electron chi connectivity index (χ4n) is 1.52. The molecule has 0 radical (unpaired) electrons. The van der Waals surface area contributed by atoms with Crippen molar-refractivity contribution in [3.05, 3.63) is 0 Å². The van der Waals surface area contributed by atoms with Crippen LogP contribution in [0.15, 0.2) is 0 Å². The third-order valence-corrected chi connectivity index (χ3v) is 2.37. The molecule has 1 heterocycles. The highest BCUT2D eigenvalue weighted by Crippen LogP contribution is 2.11. The molecule has 1 fully saturated rings. The minimum atomic E-state index is -1.26. The summed E-state index contributed by atoms with van der Waals surface area (Å²) < 4.78 is 4.43. The largest absolute Gasteiger partial charge is 0.467 e. The molecule has 0 aromatic heterocycles. The Balaban J connectivity index is 2.81. The van der Waals surface area contributed by atoms with Crippen LogP contribution in [-0.2, 0) is 9.53 Å². The third kappa shape index (κ3) is 2.33.